The van der Waals surface area contributed by atoms with Gasteiger partial charge in [-0.2, -0.15) is 0 Å². The second kappa shape index (κ2) is 6.87. The monoisotopic (exact) mass is 320 g/mol. The van der Waals surface area contributed by atoms with Crippen molar-refractivity contribution in [1.29, 1.82) is 0 Å². The molecule has 0 saturated carbocycles. The van der Waals surface area contributed by atoms with E-state index < -0.39 is 29.0 Å². The average Bonchev–Trinajstić information content (AvgIpc) is 2.47. The van der Waals surface area contributed by atoms with Crippen LogP contribution in [0.1, 0.15) is 15.9 Å². The summed E-state index contributed by atoms with van der Waals surface area (Å²) in [6.45, 7) is 1.50. The van der Waals surface area contributed by atoms with Crippen molar-refractivity contribution in [1.82, 2.24) is 0 Å². The number of hydrogen-bond acceptors (Lipinski definition) is 3. The van der Waals surface area contributed by atoms with Gasteiger partial charge in [0.25, 0.3) is 11.8 Å². The van der Waals surface area contributed by atoms with E-state index >= 15 is 0 Å². The molecule has 120 valence electrons. The van der Waals surface area contributed by atoms with Crippen LogP contribution in [0.25, 0.3) is 0 Å². The first-order valence-corrected chi connectivity index (χ1v) is 6.65. The summed E-state index contributed by atoms with van der Waals surface area (Å²) in [4.78, 5) is 22.8. The number of nitrogens with two attached hydrogens (primary N) is 1. The number of benzene rings is 2. The van der Waals surface area contributed by atoms with Crippen molar-refractivity contribution in [3.8, 4) is 5.75 Å². The Morgan fingerprint density at radius 2 is 1.91 bits per heavy atom. The highest BCUT2D eigenvalue weighted by Gasteiger charge is 2.15. The maximum absolute atomic E-state index is 13.6. The summed E-state index contributed by atoms with van der Waals surface area (Å²) in [6.07, 6.45) is 0. The standard InChI is InChI=1S/C16H14F2N2O3/c1-9-3-2-4-10(5-9)23-8-15(21)20-14-6-11(16(19)22)12(17)7-13(14)18/h2-7H,8H2,1H3,(H2,19,22)(H,20,21). The van der Waals surface area contributed by atoms with Crippen molar-refractivity contribution in [2.24, 2.45) is 5.73 Å². The molecule has 0 bridgehead atoms. The van der Waals surface area contributed by atoms with Crippen LogP contribution >= 0.6 is 0 Å². The quantitative estimate of drug-likeness (QED) is 0.887. The Bertz CT molecular complexity index is 763. The normalized spacial score (nSPS) is 10.2. The van der Waals surface area contributed by atoms with E-state index in [1.807, 2.05) is 13.0 Å². The number of aryl methyl sites for hydroxylation is 1. The van der Waals surface area contributed by atoms with Crippen molar-refractivity contribution in [2.45, 2.75) is 6.92 Å². The number of halogens is 2. The summed E-state index contributed by atoms with van der Waals surface area (Å²) in [5.41, 5.74) is 5.07. The molecule has 0 aliphatic heterocycles. The second-order valence-electron chi connectivity index (χ2n) is 4.83. The third-order valence-corrected chi connectivity index (χ3v) is 2.96. The van der Waals surface area contributed by atoms with Gasteiger partial charge in [0, 0.05) is 6.07 Å². The lowest BCUT2D eigenvalue weighted by molar-refractivity contribution is -0.118. The predicted octanol–water partition coefficient (Wildman–Crippen LogP) is 2.39. The van der Waals surface area contributed by atoms with Crippen LogP contribution in [0, 0.1) is 18.6 Å². The molecule has 2 aromatic rings. The lowest BCUT2D eigenvalue weighted by atomic mass is 10.1. The summed E-state index contributed by atoms with van der Waals surface area (Å²) in [5.74, 6) is -3.35. The summed E-state index contributed by atoms with van der Waals surface area (Å²) in [5, 5.41) is 2.20. The van der Waals surface area contributed by atoms with E-state index in [1.165, 1.54) is 0 Å². The second-order valence-corrected chi connectivity index (χ2v) is 4.83. The van der Waals surface area contributed by atoms with Crippen LogP contribution in [0.2, 0.25) is 0 Å². The topological polar surface area (TPSA) is 81.4 Å². The summed E-state index contributed by atoms with van der Waals surface area (Å²) >= 11 is 0. The molecule has 0 heterocycles. The highest BCUT2D eigenvalue weighted by Crippen LogP contribution is 2.19. The van der Waals surface area contributed by atoms with E-state index in [0.29, 0.717) is 11.8 Å². The summed E-state index contributed by atoms with van der Waals surface area (Å²) in [6, 6.07) is 8.36. The Morgan fingerprint density at radius 1 is 1.17 bits per heavy atom. The Labute approximate surface area is 131 Å². The Morgan fingerprint density at radius 3 is 2.57 bits per heavy atom. The first-order chi connectivity index (χ1) is 10.9. The van der Waals surface area contributed by atoms with Crippen LogP contribution in [0.4, 0.5) is 14.5 Å². The van der Waals surface area contributed by atoms with Gasteiger partial charge in [-0.15, -0.1) is 0 Å². The van der Waals surface area contributed by atoms with Gasteiger partial charge in [-0.25, -0.2) is 8.78 Å². The van der Waals surface area contributed by atoms with E-state index in [-0.39, 0.29) is 12.3 Å². The molecule has 0 radical (unpaired) electrons. The van der Waals surface area contributed by atoms with Gasteiger partial charge in [0.1, 0.15) is 17.4 Å². The first kappa shape index (κ1) is 16.4. The molecule has 3 N–H and O–H groups in total. The Kier molecular flexibility index (Phi) is 4.90. The molecule has 0 spiro atoms. The summed E-state index contributed by atoms with van der Waals surface area (Å²) < 4.78 is 32.2. The van der Waals surface area contributed by atoms with Crippen molar-refractivity contribution in [3.63, 3.8) is 0 Å². The fourth-order valence-electron chi connectivity index (χ4n) is 1.87. The zero-order chi connectivity index (χ0) is 17.0. The van der Waals surface area contributed by atoms with Gasteiger partial charge in [0.2, 0.25) is 0 Å². The zero-order valence-electron chi connectivity index (χ0n) is 12.2. The molecule has 0 aromatic heterocycles. The SMILES string of the molecule is Cc1cccc(OCC(=O)Nc2cc(C(N)=O)c(F)cc2F)c1. The van der Waals surface area contributed by atoms with Crippen LogP contribution in [0.3, 0.4) is 0 Å². The number of carbonyl (C=O) groups excluding carboxylic acids is 2. The Balaban J connectivity index is 2.05. The van der Waals surface area contributed by atoms with Crippen molar-refractivity contribution < 1.29 is 23.1 Å². The zero-order valence-corrected chi connectivity index (χ0v) is 12.2. The van der Waals surface area contributed by atoms with Crippen LogP contribution < -0.4 is 15.8 Å². The first-order valence-electron chi connectivity index (χ1n) is 6.65. The molecule has 7 heteroatoms. The minimum atomic E-state index is -1.09. The minimum absolute atomic E-state index is 0.349. The molecule has 23 heavy (non-hydrogen) atoms. The molecule has 0 aliphatic rings. The highest BCUT2D eigenvalue weighted by molar-refractivity contribution is 5.97. The molecule has 2 aromatic carbocycles. The van der Waals surface area contributed by atoms with E-state index in [9.17, 15) is 18.4 Å². The van der Waals surface area contributed by atoms with Crippen LogP contribution in [0.15, 0.2) is 36.4 Å². The number of nitrogens with one attached hydrogen (secondary N) is 1. The van der Waals surface area contributed by atoms with Crippen molar-refractivity contribution in [3.05, 3.63) is 59.2 Å². The Hall–Kier alpha value is -2.96. The number of anilines is 1. The van der Waals surface area contributed by atoms with E-state index in [0.717, 1.165) is 11.6 Å². The molecule has 0 fully saturated rings. The molecule has 5 nitrogen and oxygen atoms in total. The third kappa shape index (κ3) is 4.26. The van der Waals surface area contributed by atoms with Gasteiger partial charge in [-0.1, -0.05) is 12.1 Å². The maximum atomic E-state index is 13.6. The molecule has 0 aliphatic carbocycles. The molecule has 0 saturated heterocycles. The van der Waals surface area contributed by atoms with Crippen LogP contribution in [-0.2, 0) is 4.79 Å². The van der Waals surface area contributed by atoms with Gasteiger partial charge in [0.05, 0.1) is 11.3 Å². The number of amides is 2. The highest BCUT2D eigenvalue weighted by atomic mass is 19.1. The fraction of sp³-hybridized carbons (Fsp3) is 0.125. The molecule has 0 unspecified atom stereocenters. The van der Waals surface area contributed by atoms with Crippen LogP contribution in [0.5, 0.6) is 5.75 Å². The van der Waals surface area contributed by atoms with Crippen LogP contribution in [-0.4, -0.2) is 18.4 Å². The van der Waals surface area contributed by atoms with Gasteiger partial charge in [0.15, 0.2) is 6.61 Å². The molecular formula is C16H14F2N2O3. The fourth-order valence-corrected chi connectivity index (χ4v) is 1.87. The maximum Gasteiger partial charge on any atom is 0.262 e. The molecule has 2 amide bonds. The van der Waals surface area contributed by atoms with Gasteiger partial charge < -0.3 is 15.8 Å². The smallest absolute Gasteiger partial charge is 0.262 e. The van der Waals surface area contributed by atoms with Gasteiger partial charge in [-0.3, -0.25) is 9.59 Å². The molecule has 0 atom stereocenters. The average molecular weight is 320 g/mol. The van der Waals surface area contributed by atoms with Gasteiger partial charge in [-0.05, 0) is 30.7 Å². The molecular weight excluding hydrogens is 306 g/mol. The number of hydrogen-bond donors (Lipinski definition) is 2. The van der Waals surface area contributed by atoms with E-state index in [2.05, 4.69) is 5.32 Å². The number of carbonyl (C=O) groups is 2. The number of ether oxygens (including phenoxy) is 1. The van der Waals surface area contributed by atoms with E-state index in [1.54, 1.807) is 18.2 Å². The van der Waals surface area contributed by atoms with Gasteiger partial charge >= 0.3 is 0 Å². The lowest BCUT2D eigenvalue weighted by Crippen LogP contribution is -2.22. The van der Waals surface area contributed by atoms with E-state index in [4.69, 9.17) is 10.5 Å². The summed E-state index contributed by atoms with van der Waals surface area (Å²) in [7, 11) is 0. The van der Waals surface area contributed by atoms with Crippen molar-refractivity contribution >= 4 is 17.5 Å². The predicted molar refractivity (Wildman–Crippen MR) is 80.2 cm³/mol. The lowest BCUT2D eigenvalue weighted by Gasteiger charge is -2.10. The third-order valence-electron chi connectivity index (χ3n) is 2.96. The number of primary amides is 1. The van der Waals surface area contributed by atoms with Crippen molar-refractivity contribution in [2.75, 3.05) is 11.9 Å². The largest absolute Gasteiger partial charge is 0.484 e. The number of rotatable bonds is 5. The minimum Gasteiger partial charge on any atom is -0.484 e. The molecule has 2 rings (SSSR count).